The van der Waals surface area contributed by atoms with Crippen molar-refractivity contribution in [1.29, 1.82) is 0 Å². The molecule has 24 heavy (non-hydrogen) atoms. The molecule has 0 aliphatic rings. The van der Waals surface area contributed by atoms with Gasteiger partial charge in [-0.3, -0.25) is 9.55 Å². The van der Waals surface area contributed by atoms with Crippen LogP contribution in [-0.4, -0.2) is 38.6 Å². The van der Waals surface area contributed by atoms with Crippen LogP contribution in [0.3, 0.4) is 0 Å². The topological polar surface area (TPSA) is 93.0 Å². The number of carbonyl (C=O) groups excluding carboxylic acids is 1. The van der Waals surface area contributed by atoms with Gasteiger partial charge in [0.15, 0.2) is 11.0 Å². The Kier molecular flexibility index (Phi) is 4.76. The number of thioether (sulfide) groups is 1. The van der Waals surface area contributed by atoms with E-state index in [0.717, 1.165) is 17.4 Å². The number of pyridine rings is 1. The number of ether oxygens (including phenoxy) is 1. The minimum Gasteiger partial charge on any atom is -0.549 e. The summed E-state index contributed by atoms with van der Waals surface area (Å²) in [4.78, 5) is 15.1. The van der Waals surface area contributed by atoms with Crippen LogP contribution in [0.15, 0.2) is 53.8 Å². The molecule has 0 aliphatic heterocycles. The molecule has 0 fully saturated rings. The van der Waals surface area contributed by atoms with Crippen LogP contribution in [0, 0.1) is 0 Å². The van der Waals surface area contributed by atoms with E-state index in [2.05, 4.69) is 15.2 Å². The molecule has 0 saturated carbocycles. The first-order valence-electron chi connectivity index (χ1n) is 7.03. The standard InChI is InChI=1S/C16H14N4O3S/c1-23-12-6-4-5-11(9-12)20-15(13-7-2-3-8-17-13)18-19-16(20)24-10-14(21)22/h2-9H,10H2,1H3,(H,21,22)/p-1. The second-order valence-electron chi connectivity index (χ2n) is 4.72. The van der Waals surface area contributed by atoms with Gasteiger partial charge in [0.2, 0.25) is 0 Å². The Hall–Kier alpha value is -2.87. The summed E-state index contributed by atoms with van der Waals surface area (Å²) >= 11 is 1.04. The highest BCUT2D eigenvalue weighted by molar-refractivity contribution is 7.99. The third-order valence-electron chi connectivity index (χ3n) is 3.16. The quantitative estimate of drug-likeness (QED) is 0.622. The third kappa shape index (κ3) is 3.38. The summed E-state index contributed by atoms with van der Waals surface area (Å²) in [5, 5.41) is 19.5. The molecule has 0 aliphatic carbocycles. The Labute approximate surface area is 142 Å². The zero-order valence-corrected chi connectivity index (χ0v) is 13.6. The molecular weight excluding hydrogens is 328 g/mol. The second kappa shape index (κ2) is 7.14. The van der Waals surface area contributed by atoms with Crippen LogP contribution in [0.2, 0.25) is 0 Å². The van der Waals surface area contributed by atoms with Gasteiger partial charge in [0, 0.05) is 18.0 Å². The zero-order chi connectivity index (χ0) is 16.9. The van der Waals surface area contributed by atoms with Crippen LogP contribution in [0.25, 0.3) is 17.2 Å². The molecule has 0 bridgehead atoms. The lowest BCUT2D eigenvalue weighted by molar-refractivity contribution is -0.301. The predicted molar refractivity (Wildman–Crippen MR) is 86.9 cm³/mol. The molecule has 0 saturated heterocycles. The van der Waals surface area contributed by atoms with Gasteiger partial charge in [0.05, 0.1) is 18.8 Å². The first-order chi connectivity index (χ1) is 11.7. The van der Waals surface area contributed by atoms with E-state index in [1.54, 1.807) is 17.9 Å². The number of carboxylic acid groups (broad SMARTS) is 1. The van der Waals surface area contributed by atoms with Crippen LogP contribution in [-0.2, 0) is 4.79 Å². The van der Waals surface area contributed by atoms with Crippen molar-refractivity contribution in [1.82, 2.24) is 19.7 Å². The lowest BCUT2D eigenvalue weighted by atomic mass is 10.2. The van der Waals surface area contributed by atoms with Crippen LogP contribution in [0.5, 0.6) is 5.75 Å². The van der Waals surface area contributed by atoms with Gasteiger partial charge in [-0.15, -0.1) is 10.2 Å². The molecular formula is C16H13N4O3S-. The van der Waals surface area contributed by atoms with E-state index in [9.17, 15) is 9.90 Å². The molecule has 2 heterocycles. The molecule has 122 valence electrons. The molecule has 0 N–H and O–H groups in total. The van der Waals surface area contributed by atoms with Gasteiger partial charge in [-0.05, 0) is 24.3 Å². The maximum atomic E-state index is 10.8. The van der Waals surface area contributed by atoms with Crippen molar-refractivity contribution >= 4 is 17.7 Å². The second-order valence-corrected chi connectivity index (χ2v) is 5.66. The normalized spacial score (nSPS) is 10.5. The van der Waals surface area contributed by atoms with Gasteiger partial charge in [-0.25, -0.2) is 0 Å². The Bertz CT molecular complexity index is 852. The average molecular weight is 341 g/mol. The van der Waals surface area contributed by atoms with E-state index in [-0.39, 0.29) is 5.75 Å². The van der Waals surface area contributed by atoms with Gasteiger partial charge in [0.1, 0.15) is 11.4 Å². The molecule has 3 aromatic rings. The van der Waals surface area contributed by atoms with Crippen molar-refractivity contribution in [2.24, 2.45) is 0 Å². The fraction of sp³-hybridized carbons (Fsp3) is 0.125. The molecule has 0 amide bonds. The lowest BCUT2D eigenvalue weighted by Crippen LogP contribution is -2.24. The molecule has 2 aromatic heterocycles. The van der Waals surface area contributed by atoms with Gasteiger partial charge in [-0.2, -0.15) is 0 Å². The van der Waals surface area contributed by atoms with E-state index in [1.807, 2.05) is 42.5 Å². The van der Waals surface area contributed by atoms with Gasteiger partial charge in [-0.1, -0.05) is 23.9 Å². The highest BCUT2D eigenvalue weighted by atomic mass is 32.2. The molecule has 0 radical (unpaired) electrons. The van der Waals surface area contributed by atoms with Crippen LogP contribution < -0.4 is 9.84 Å². The Morgan fingerprint density at radius 1 is 1.25 bits per heavy atom. The van der Waals surface area contributed by atoms with Gasteiger partial charge < -0.3 is 14.6 Å². The molecule has 0 spiro atoms. The Morgan fingerprint density at radius 2 is 2.12 bits per heavy atom. The summed E-state index contributed by atoms with van der Waals surface area (Å²) in [6, 6.07) is 12.8. The SMILES string of the molecule is COc1cccc(-n2c(SCC(=O)[O-])nnc2-c2ccccn2)c1. The summed E-state index contributed by atoms with van der Waals surface area (Å²) in [6.07, 6.45) is 1.66. The van der Waals surface area contributed by atoms with Gasteiger partial charge in [0.25, 0.3) is 0 Å². The monoisotopic (exact) mass is 341 g/mol. The minimum absolute atomic E-state index is 0.218. The van der Waals surface area contributed by atoms with Crippen LogP contribution in [0.1, 0.15) is 0 Å². The maximum Gasteiger partial charge on any atom is 0.196 e. The van der Waals surface area contributed by atoms with Crippen molar-refractivity contribution in [2.75, 3.05) is 12.9 Å². The summed E-state index contributed by atoms with van der Waals surface area (Å²) in [7, 11) is 1.58. The molecule has 0 atom stereocenters. The third-order valence-corrected chi connectivity index (χ3v) is 4.06. The summed E-state index contributed by atoms with van der Waals surface area (Å²) in [6.45, 7) is 0. The molecule has 3 rings (SSSR count). The first-order valence-corrected chi connectivity index (χ1v) is 8.01. The van der Waals surface area contributed by atoms with Crippen molar-refractivity contribution in [3.8, 4) is 23.0 Å². The van der Waals surface area contributed by atoms with E-state index in [4.69, 9.17) is 4.74 Å². The van der Waals surface area contributed by atoms with E-state index in [0.29, 0.717) is 22.4 Å². The van der Waals surface area contributed by atoms with E-state index < -0.39 is 5.97 Å². The number of rotatable bonds is 6. The highest BCUT2D eigenvalue weighted by Crippen LogP contribution is 2.28. The van der Waals surface area contributed by atoms with Crippen molar-refractivity contribution < 1.29 is 14.6 Å². The van der Waals surface area contributed by atoms with E-state index in [1.165, 1.54) is 0 Å². The Morgan fingerprint density at radius 3 is 2.83 bits per heavy atom. The zero-order valence-electron chi connectivity index (χ0n) is 12.7. The summed E-state index contributed by atoms with van der Waals surface area (Å²) in [5.74, 6) is -0.196. The van der Waals surface area contributed by atoms with Crippen molar-refractivity contribution in [3.63, 3.8) is 0 Å². The maximum absolute atomic E-state index is 10.8. The number of hydrogen-bond acceptors (Lipinski definition) is 7. The first kappa shape index (κ1) is 16.0. The number of carbonyl (C=O) groups is 1. The average Bonchev–Trinajstić information content (AvgIpc) is 3.04. The number of nitrogens with zero attached hydrogens (tertiary/aromatic N) is 4. The molecule has 1 aromatic carbocycles. The van der Waals surface area contributed by atoms with Crippen LogP contribution in [0.4, 0.5) is 0 Å². The fourth-order valence-electron chi connectivity index (χ4n) is 2.13. The number of methoxy groups -OCH3 is 1. The highest BCUT2D eigenvalue weighted by Gasteiger charge is 2.17. The number of benzene rings is 1. The summed E-state index contributed by atoms with van der Waals surface area (Å²) < 4.78 is 7.00. The largest absolute Gasteiger partial charge is 0.549 e. The number of carboxylic acids is 1. The fourth-order valence-corrected chi connectivity index (χ4v) is 2.80. The van der Waals surface area contributed by atoms with Crippen molar-refractivity contribution in [2.45, 2.75) is 5.16 Å². The molecule has 7 nitrogen and oxygen atoms in total. The number of aromatic nitrogens is 4. The smallest absolute Gasteiger partial charge is 0.196 e. The van der Waals surface area contributed by atoms with E-state index >= 15 is 0 Å². The minimum atomic E-state index is -1.17. The van der Waals surface area contributed by atoms with Crippen molar-refractivity contribution in [3.05, 3.63) is 48.7 Å². The predicted octanol–water partition coefficient (Wildman–Crippen LogP) is 1.18. The number of aliphatic carboxylic acids is 1. The van der Waals surface area contributed by atoms with Gasteiger partial charge >= 0.3 is 0 Å². The van der Waals surface area contributed by atoms with Crippen LogP contribution >= 0.6 is 11.8 Å². The summed E-state index contributed by atoms with van der Waals surface area (Å²) in [5.41, 5.74) is 1.38. The lowest BCUT2D eigenvalue weighted by Gasteiger charge is -2.11. The molecule has 0 unspecified atom stereocenters. The number of hydrogen-bond donors (Lipinski definition) is 0. The Balaban J connectivity index is 2.11. The molecule has 8 heteroatoms.